The number of para-hydroxylation sites is 1. The van der Waals surface area contributed by atoms with E-state index in [9.17, 15) is 9.18 Å². The number of nitrogens with zero attached hydrogens (tertiary/aromatic N) is 1. The van der Waals surface area contributed by atoms with Gasteiger partial charge in [0.25, 0.3) is 0 Å². The highest BCUT2D eigenvalue weighted by Crippen LogP contribution is 2.17. The summed E-state index contributed by atoms with van der Waals surface area (Å²) >= 11 is 0. The lowest BCUT2D eigenvalue weighted by molar-refractivity contribution is 0.103. The van der Waals surface area contributed by atoms with Crippen LogP contribution in [0, 0.1) is 12.7 Å². The van der Waals surface area contributed by atoms with Gasteiger partial charge in [-0.05, 0) is 42.8 Å². The maximum absolute atomic E-state index is 13.1. The molecule has 0 unspecified atom stereocenters. The van der Waals surface area contributed by atoms with Crippen LogP contribution in [0.25, 0.3) is 10.9 Å². The minimum absolute atomic E-state index is 0.187. The van der Waals surface area contributed by atoms with Crippen LogP contribution in [0.3, 0.4) is 0 Å². The number of pyridine rings is 1. The van der Waals surface area contributed by atoms with E-state index in [-0.39, 0.29) is 11.6 Å². The number of hydrogen-bond acceptors (Lipinski definition) is 2. The third-order valence-corrected chi connectivity index (χ3v) is 3.26. The molecule has 20 heavy (non-hydrogen) atoms. The number of aryl methyl sites for hydroxylation is 1. The number of carbonyl (C=O) groups excluding carboxylic acids is 1. The lowest BCUT2D eigenvalue weighted by Gasteiger charge is -2.05. The Morgan fingerprint density at radius 3 is 2.65 bits per heavy atom. The molecule has 0 saturated heterocycles. The second-order valence-electron chi connectivity index (χ2n) is 4.68. The van der Waals surface area contributed by atoms with Gasteiger partial charge in [-0.3, -0.25) is 4.79 Å². The van der Waals surface area contributed by atoms with Crippen molar-refractivity contribution >= 4 is 16.7 Å². The molecule has 0 spiro atoms. The molecule has 3 rings (SSSR count). The number of rotatable bonds is 2. The van der Waals surface area contributed by atoms with Gasteiger partial charge < -0.3 is 0 Å². The van der Waals surface area contributed by atoms with Crippen molar-refractivity contribution in [3.63, 3.8) is 0 Å². The lowest BCUT2D eigenvalue weighted by Crippen LogP contribution is -2.06. The summed E-state index contributed by atoms with van der Waals surface area (Å²) in [6.07, 6.45) is 0. The van der Waals surface area contributed by atoms with Gasteiger partial charge in [0.2, 0.25) is 5.78 Å². The predicted molar refractivity (Wildman–Crippen MR) is 76.3 cm³/mol. The minimum Gasteiger partial charge on any atom is -0.287 e. The van der Waals surface area contributed by atoms with E-state index in [0.29, 0.717) is 16.8 Å². The van der Waals surface area contributed by atoms with Crippen LogP contribution in [0.2, 0.25) is 0 Å². The van der Waals surface area contributed by atoms with Crippen LogP contribution in [-0.4, -0.2) is 10.8 Å². The standard InChI is InChI=1S/C17H12FNO/c1-11-10-13(18)7-8-14(11)17(20)16-9-6-12-4-2-3-5-15(12)19-16/h2-10H,1H3. The third kappa shape index (κ3) is 2.18. The molecule has 0 aliphatic heterocycles. The Balaban J connectivity index is 2.08. The molecule has 0 amide bonds. The van der Waals surface area contributed by atoms with Crippen LogP contribution < -0.4 is 0 Å². The van der Waals surface area contributed by atoms with Crippen LogP contribution >= 0.6 is 0 Å². The molecule has 0 N–H and O–H groups in total. The maximum atomic E-state index is 13.1. The van der Waals surface area contributed by atoms with E-state index in [1.54, 1.807) is 13.0 Å². The van der Waals surface area contributed by atoms with E-state index in [1.165, 1.54) is 18.2 Å². The highest BCUT2D eigenvalue weighted by Gasteiger charge is 2.14. The van der Waals surface area contributed by atoms with Crippen molar-refractivity contribution in [2.75, 3.05) is 0 Å². The summed E-state index contributed by atoms with van der Waals surface area (Å²) in [5, 5.41) is 0.986. The minimum atomic E-state index is -0.342. The molecule has 0 radical (unpaired) electrons. The summed E-state index contributed by atoms with van der Waals surface area (Å²) in [5.74, 6) is -0.529. The molecule has 2 nitrogen and oxygen atoms in total. The van der Waals surface area contributed by atoms with Crippen molar-refractivity contribution < 1.29 is 9.18 Å². The smallest absolute Gasteiger partial charge is 0.211 e. The molecule has 0 saturated carbocycles. The molecule has 0 atom stereocenters. The van der Waals surface area contributed by atoms with E-state index in [0.717, 1.165) is 10.9 Å². The van der Waals surface area contributed by atoms with E-state index >= 15 is 0 Å². The normalized spacial score (nSPS) is 10.7. The molecular weight excluding hydrogens is 253 g/mol. The number of ketones is 1. The molecule has 2 aromatic carbocycles. The molecule has 98 valence electrons. The van der Waals surface area contributed by atoms with Crippen LogP contribution in [0.5, 0.6) is 0 Å². The highest BCUT2D eigenvalue weighted by molar-refractivity contribution is 6.09. The number of aromatic nitrogens is 1. The molecule has 3 aromatic rings. The summed E-state index contributed by atoms with van der Waals surface area (Å²) in [6, 6.07) is 15.3. The summed E-state index contributed by atoms with van der Waals surface area (Å²) in [5.41, 5.74) is 2.25. The van der Waals surface area contributed by atoms with E-state index in [1.807, 2.05) is 30.3 Å². The first-order chi connectivity index (χ1) is 9.65. The molecule has 0 aliphatic carbocycles. The van der Waals surface area contributed by atoms with Crippen molar-refractivity contribution in [2.45, 2.75) is 6.92 Å². The van der Waals surface area contributed by atoms with Gasteiger partial charge in [-0.25, -0.2) is 9.37 Å². The molecule has 0 fully saturated rings. The van der Waals surface area contributed by atoms with Gasteiger partial charge in [0.05, 0.1) is 5.52 Å². The van der Waals surface area contributed by atoms with Gasteiger partial charge in [-0.15, -0.1) is 0 Å². The Bertz CT molecular complexity index is 811. The SMILES string of the molecule is Cc1cc(F)ccc1C(=O)c1ccc2ccccc2n1. The first-order valence-electron chi connectivity index (χ1n) is 6.32. The van der Waals surface area contributed by atoms with Crippen molar-refractivity contribution in [1.29, 1.82) is 0 Å². The average molecular weight is 265 g/mol. The number of carbonyl (C=O) groups is 1. The zero-order valence-corrected chi connectivity index (χ0v) is 10.9. The maximum Gasteiger partial charge on any atom is 0.211 e. The summed E-state index contributed by atoms with van der Waals surface area (Å²) in [7, 11) is 0. The Morgan fingerprint density at radius 1 is 1.05 bits per heavy atom. The van der Waals surface area contributed by atoms with Gasteiger partial charge in [-0.2, -0.15) is 0 Å². The van der Waals surface area contributed by atoms with Gasteiger partial charge in [0.1, 0.15) is 11.5 Å². The monoisotopic (exact) mass is 265 g/mol. The largest absolute Gasteiger partial charge is 0.287 e. The number of benzene rings is 2. The molecule has 3 heteroatoms. The Hall–Kier alpha value is -2.55. The zero-order valence-electron chi connectivity index (χ0n) is 10.9. The number of fused-ring (bicyclic) bond motifs is 1. The molecule has 1 aromatic heterocycles. The zero-order chi connectivity index (χ0) is 14.1. The van der Waals surface area contributed by atoms with E-state index in [2.05, 4.69) is 4.98 Å². The highest BCUT2D eigenvalue weighted by atomic mass is 19.1. The average Bonchev–Trinajstić information content (AvgIpc) is 2.46. The Morgan fingerprint density at radius 2 is 1.85 bits per heavy atom. The molecule has 0 aliphatic rings. The molecule has 1 heterocycles. The van der Waals surface area contributed by atoms with Crippen LogP contribution in [0.15, 0.2) is 54.6 Å². The molecule has 0 bridgehead atoms. The van der Waals surface area contributed by atoms with Crippen molar-refractivity contribution in [2.24, 2.45) is 0 Å². The Labute approximate surface area is 115 Å². The summed E-state index contributed by atoms with van der Waals surface area (Å²) in [6.45, 7) is 1.72. The third-order valence-electron chi connectivity index (χ3n) is 3.26. The molecular formula is C17H12FNO. The van der Waals surface area contributed by atoms with Crippen LogP contribution in [0.4, 0.5) is 4.39 Å². The van der Waals surface area contributed by atoms with Gasteiger partial charge >= 0.3 is 0 Å². The first-order valence-corrected chi connectivity index (χ1v) is 6.32. The number of hydrogen-bond donors (Lipinski definition) is 0. The van der Waals surface area contributed by atoms with Crippen LogP contribution in [-0.2, 0) is 0 Å². The fraction of sp³-hybridized carbons (Fsp3) is 0.0588. The summed E-state index contributed by atoms with van der Waals surface area (Å²) in [4.78, 5) is 16.8. The van der Waals surface area contributed by atoms with Crippen molar-refractivity contribution in [3.05, 3.63) is 77.2 Å². The van der Waals surface area contributed by atoms with Gasteiger partial charge in [0, 0.05) is 10.9 Å². The van der Waals surface area contributed by atoms with Crippen LogP contribution in [0.1, 0.15) is 21.6 Å². The lowest BCUT2D eigenvalue weighted by atomic mass is 10.0. The second kappa shape index (κ2) is 4.85. The predicted octanol–water partition coefficient (Wildman–Crippen LogP) is 3.91. The van der Waals surface area contributed by atoms with E-state index < -0.39 is 0 Å². The second-order valence-corrected chi connectivity index (χ2v) is 4.68. The number of halogens is 1. The topological polar surface area (TPSA) is 30.0 Å². The van der Waals surface area contributed by atoms with Gasteiger partial charge in [-0.1, -0.05) is 24.3 Å². The quantitative estimate of drug-likeness (QED) is 0.657. The first kappa shape index (κ1) is 12.5. The van der Waals surface area contributed by atoms with E-state index in [4.69, 9.17) is 0 Å². The van der Waals surface area contributed by atoms with Crippen molar-refractivity contribution in [1.82, 2.24) is 4.98 Å². The Kier molecular flexibility index (Phi) is 3.03. The fourth-order valence-corrected chi connectivity index (χ4v) is 2.21. The fourth-order valence-electron chi connectivity index (χ4n) is 2.21. The van der Waals surface area contributed by atoms with Crippen molar-refractivity contribution in [3.8, 4) is 0 Å². The summed E-state index contributed by atoms with van der Waals surface area (Å²) < 4.78 is 13.1. The van der Waals surface area contributed by atoms with Gasteiger partial charge in [0.15, 0.2) is 0 Å².